The number of rotatable bonds is 6. The van der Waals surface area contributed by atoms with Crippen LogP contribution in [-0.4, -0.2) is 25.5 Å². The fourth-order valence-electron chi connectivity index (χ4n) is 2.27. The zero-order chi connectivity index (χ0) is 14.4. The van der Waals surface area contributed by atoms with E-state index in [1.807, 2.05) is 24.3 Å². The first-order valence-corrected chi connectivity index (χ1v) is 6.93. The molecule has 0 amide bonds. The van der Waals surface area contributed by atoms with Gasteiger partial charge in [-0.15, -0.1) is 0 Å². The first-order chi connectivity index (χ1) is 9.66. The summed E-state index contributed by atoms with van der Waals surface area (Å²) in [5, 5.41) is 3.60. The van der Waals surface area contributed by atoms with Gasteiger partial charge in [-0.2, -0.15) is 0 Å². The minimum Gasteiger partial charge on any atom is -0.398 e. The van der Waals surface area contributed by atoms with Crippen LogP contribution in [-0.2, 0) is 6.54 Å². The Morgan fingerprint density at radius 3 is 2.30 bits per heavy atom. The van der Waals surface area contributed by atoms with Gasteiger partial charge in [0, 0.05) is 24.8 Å². The van der Waals surface area contributed by atoms with Gasteiger partial charge in [0.1, 0.15) is 0 Å². The largest absolute Gasteiger partial charge is 0.398 e. The Bertz CT molecular complexity index is 523. The number of para-hydroxylation sites is 1. The van der Waals surface area contributed by atoms with E-state index < -0.39 is 0 Å². The summed E-state index contributed by atoms with van der Waals surface area (Å²) in [4.78, 5) is 2.19. The summed E-state index contributed by atoms with van der Waals surface area (Å²) in [7, 11) is 4.18. The smallest absolute Gasteiger partial charge is 0.0451 e. The number of hydrogen-bond donors (Lipinski definition) is 2. The van der Waals surface area contributed by atoms with Gasteiger partial charge in [0.25, 0.3) is 0 Å². The summed E-state index contributed by atoms with van der Waals surface area (Å²) in [5.41, 5.74) is 9.29. The highest BCUT2D eigenvalue weighted by Gasteiger charge is 2.12. The predicted molar refractivity (Wildman–Crippen MR) is 85.4 cm³/mol. The van der Waals surface area contributed by atoms with Crippen LogP contribution in [0, 0.1) is 0 Å². The van der Waals surface area contributed by atoms with Crippen LogP contribution in [0.15, 0.2) is 54.6 Å². The number of benzene rings is 2. The van der Waals surface area contributed by atoms with E-state index in [4.69, 9.17) is 5.73 Å². The van der Waals surface area contributed by atoms with Crippen LogP contribution in [0.3, 0.4) is 0 Å². The molecule has 1 unspecified atom stereocenters. The second-order valence-electron chi connectivity index (χ2n) is 5.31. The second-order valence-corrected chi connectivity index (χ2v) is 5.31. The highest BCUT2D eigenvalue weighted by Crippen LogP contribution is 2.16. The van der Waals surface area contributed by atoms with Gasteiger partial charge in [-0.25, -0.2) is 0 Å². The SMILES string of the molecule is CN(C)CC(NCc1ccccc1N)c1ccccc1. The number of nitrogen functional groups attached to an aromatic ring is 1. The lowest BCUT2D eigenvalue weighted by Crippen LogP contribution is -2.31. The molecule has 0 radical (unpaired) electrons. The van der Waals surface area contributed by atoms with Crippen molar-refractivity contribution in [3.63, 3.8) is 0 Å². The maximum atomic E-state index is 6.00. The summed E-state index contributed by atoms with van der Waals surface area (Å²) in [6.07, 6.45) is 0. The van der Waals surface area contributed by atoms with Crippen LogP contribution in [0.5, 0.6) is 0 Å². The molecule has 3 nitrogen and oxygen atoms in total. The highest BCUT2D eigenvalue weighted by atomic mass is 15.1. The molecule has 0 aliphatic carbocycles. The molecule has 2 aromatic rings. The number of hydrogen-bond acceptors (Lipinski definition) is 3. The summed E-state index contributed by atoms with van der Waals surface area (Å²) < 4.78 is 0. The van der Waals surface area contributed by atoms with Gasteiger partial charge < -0.3 is 16.0 Å². The molecule has 0 aliphatic rings. The molecule has 0 saturated carbocycles. The molecule has 20 heavy (non-hydrogen) atoms. The third-order valence-corrected chi connectivity index (χ3v) is 3.34. The molecule has 106 valence electrons. The van der Waals surface area contributed by atoms with Crippen LogP contribution in [0.25, 0.3) is 0 Å². The third kappa shape index (κ3) is 4.08. The molecule has 3 N–H and O–H groups in total. The van der Waals surface area contributed by atoms with Gasteiger partial charge in [0.2, 0.25) is 0 Å². The van der Waals surface area contributed by atoms with Crippen molar-refractivity contribution in [1.29, 1.82) is 0 Å². The maximum absolute atomic E-state index is 6.00. The molecule has 0 heterocycles. The van der Waals surface area contributed by atoms with Crippen LogP contribution in [0.2, 0.25) is 0 Å². The van der Waals surface area contributed by atoms with Crippen LogP contribution < -0.4 is 11.1 Å². The summed E-state index contributed by atoms with van der Waals surface area (Å²) in [5.74, 6) is 0. The van der Waals surface area contributed by atoms with Crippen LogP contribution in [0.1, 0.15) is 17.2 Å². The number of nitrogens with two attached hydrogens (primary N) is 1. The van der Waals surface area contributed by atoms with Crippen molar-refractivity contribution in [2.24, 2.45) is 0 Å². The Morgan fingerprint density at radius 2 is 1.65 bits per heavy atom. The van der Waals surface area contributed by atoms with Gasteiger partial charge >= 0.3 is 0 Å². The van der Waals surface area contributed by atoms with Crippen LogP contribution in [0.4, 0.5) is 5.69 Å². The number of likely N-dealkylation sites (N-methyl/N-ethyl adjacent to an activating group) is 1. The van der Waals surface area contributed by atoms with Gasteiger partial charge in [-0.3, -0.25) is 0 Å². The fraction of sp³-hybridized carbons (Fsp3) is 0.294. The van der Waals surface area contributed by atoms with E-state index >= 15 is 0 Å². The number of nitrogens with one attached hydrogen (secondary N) is 1. The topological polar surface area (TPSA) is 41.3 Å². The summed E-state index contributed by atoms with van der Waals surface area (Å²) in [6, 6.07) is 18.8. The molecule has 0 aliphatic heterocycles. The zero-order valence-electron chi connectivity index (χ0n) is 12.2. The monoisotopic (exact) mass is 269 g/mol. The van der Waals surface area contributed by atoms with Crippen molar-refractivity contribution in [2.75, 3.05) is 26.4 Å². The van der Waals surface area contributed by atoms with Crippen LogP contribution >= 0.6 is 0 Å². The standard InChI is InChI=1S/C17H23N3/c1-20(2)13-17(14-8-4-3-5-9-14)19-12-15-10-6-7-11-16(15)18/h3-11,17,19H,12-13,18H2,1-2H3. The van der Waals surface area contributed by atoms with E-state index in [0.717, 1.165) is 24.3 Å². The molecule has 0 aromatic heterocycles. The molecule has 2 aromatic carbocycles. The summed E-state index contributed by atoms with van der Waals surface area (Å²) in [6.45, 7) is 1.73. The van der Waals surface area contributed by atoms with E-state index in [1.165, 1.54) is 5.56 Å². The van der Waals surface area contributed by atoms with Crippen molar-refractivity contribution in [3.05, 3.63) is 65.7 Å². The Balaban J connectivity index is 2.07. The lowest BCUT2D eigenvalue weighted by atomic mass is 10.1. The Labute approximate surface area is 121 Å². The molecule has 0 saturated heterocycles. The fourth-order valence-corrected chi connectivity index (χ4v) is 2.27. The second kappa shape index (κ2) is 7.08. The number of anilines is 1. The Kier molecular flexibility index (Phi) is 5.16. The van der Waals surface area contributed by atoms with E-state index in [0.29, 0.717) is 6.04 Å². The van der Waals surface area contributed by atoms with Crippen molar-refractivity contribution in [1.82, 2.24) is 10.2 Å². The van der Waals surface area contributed by atoms with Crippen molar-refractivity contribution in [2.45, 2.75) is 12.6 Å². The van der Waals surface area contributed by atoms with Gasteiger partial charge in [-0.05, 0) is 31.3 Å². The molecule has 0 fully saturated rings. The minimum absolute atomic E-state index is 0.297. The average molecular weight is 269 g/mol. The van der Waals surface area contributed by atoms with E-state index in [9.17, 15) is 0 Å². The van der Waals surface area contributed by atoms with Gasteiger partial charge in [-0.1, -0.05) is 48.5 Å². The first-order valence-electron chi connectivity index (χ1n) is 6.93. The summed E-state index contributed by atoms with van der Waals surface area (Å²) >= 11 is 0. The molecular formula is C17H23N3. The lowest BCUT2D eigenvalue weighted by Gasteiger charge is -2.23. The van der Waals surface area contributed by atoms with E-state index in [-0.39, 0.29) is 0 Å². The van der Waals surface area contributed by atoms with E-state index in [1.54, 1.807) is 0 Å². The van der Waals surface area contributed by atoms with E-state index in [2.05, 4.69) is 54.6 Å². The Morgan fingerprint density at radius 1 is 1.00 bits per heavy atom. The zero-order valence-corrected chi connectivity index (χ0v) is 12.2. The Hall–Kier alpha value is -1.84. The number of nitrogens with zero attached hydrogens (tertiary/aromatic N) is 1. The van der Waals surface area contributed by atoms with Crippen molar-refractivity contribution >= 4 is 5.69 Å². The predicted octanol–water partition coefficient (Wildman–Crippen LogP) is 2.66. The first kappa shape index (κ1) is 14.6. The minimum atomic E-state index is 0.297. The quantitative estimate of drug-likeness (QED) is 0.792. The molecule has 0 bridgehead atoms. The average Bonchev–Trinajstić information content (AvgIpc) is 2.45. The van der Waals surface area contributed by atoms with Gasteiger partial charge in [0.05, 0.1) is 0 Å². The molecule has 2 rings (SSSR count). The highest BCUT2D eigenvalue weighted by molar-refractivity contribution is 5.46. The van der Waals surface area contributed by atoms with Gasteiger partial charge in [0.15, 0.2) is 0 Å². The third-order valence-electron chi connectivity index (χ3n) is 3.34. The molecule has 1 atom stereocenters. The lowest BCUT2D eigenvalue weighted by molar-refractivity contribution is 0.341. The molecular weight excluding hydrogens is 246 g/mol. The van der Waals surface area contributed by atoms with Crippen molar-refractivity contribution in [3.8, 4) is 0 Å². The maximum Gasteiger partial charge on any atom is 0.0451 e. The molecule has 3 heteroatoms. The molecule has 0 spiro atoms. The van der Waals surface area contributed by atoms with Crippen molar-refractivity contribution < 1.29 is 0 Å². The normalized spacial score (nSPS) is 12.6.